The third-order valence-corrected chi connectivity index (χ3v) is 7.97. The van der Waals surface area contributed by atoms with E-state index >= 15 is 0 Å². The van der Waals surface area contributed by atoms with Crippen LogP contribution in [-0.4, -0.2) is 39.6 Å². The molecule has 2 N–H and O–H groups in total. The Morgan fingerprint density at radius 1 is 1.15 bits per heavy atom. The Morgan fingerprint density at radius 3 is 2.77 bits per heavy atom. The standard InChI is InChI=1S/C30H26N2O6S/c1-4-37-23-14-17(6-9-21(23)33)26-25(27(34)18-7-10-22-19(13-18)12-16(3)38-22)28(35)29(36)32(26)30-31-20-8-5-15(2)11-24(20)39-30/h5-11,13-14,16,26,33-34H,4,12H2,1-3H3/t16-,26-/m1/s1. The molecule has 4 aromatic rings. The largest absolute Gasteiger partial charge is 0.507 e. The average Bonchev–Trinajstić information content (AvgIpc) is 3.57. The molecule has 2 aliphatic rings. The smallest absolute Gasteiger partial charge is 0.301 e. The van der Waals surface area contributed by atoms with E-state index in [4.69, 9.17) is 9.47 Å². The number of hydrogen-bond acceptors (Lipinski definition) is 8. The van der Waals surface area contributed by atoms with Crippen molar-refractivity contribution in [1.29, 1.82) is 0 Å². The monoisotopic (exact) mass is 542 g/mol. The first kappa shape index (κ1) is 24.9. The van der Waals surface area contributed by atoms with Crippen molar-refractivity contribution in [2.24, 2.45) is 0 Å². The van der Waals surface area contributed by atoms with Gasteiger partial charge in [-0.2, -0.15) is 0 Å². The number of ether oxygens (including phenoxy) is 2. The van der Waals surface area contributed by atoms with Crippen LogP contribution in [0.1, 0.15) is 42.1 Å². The summed E-state index contributed by atoms with van der Waals surface area (Å²) in [5, 5.41) is 22.2. The summed E-state index contributed by atoms with van der Waals surface area (Å²) >= 11 is 1.30. The van der Waals surface area contributed by atoms with Crippen molar-refractivity contribution in [3.8, 4) is 17.2 Å². The number of aromatic nitrogens is 1. The van der Waals surface area contributed by atoms with E-state index < -0.39 is 17.7 Å². The number of phenols is 1. The molecule has 9 heteroatoms. The second-order valence-electron chi connectivity index (χ2n) is 9.75. The normalized spacial score (nSPS) is 19.9. The molecule has 1 aromatic heterocycles. The predicted octanol–water partition coefficient (Wildman–Crippen LogP) is 5.66. The number of aromatic hydroxyl groups is 1. The van der Waals surface area contributed by atoms with Crippen LogP contribution in [0.15, 0.2) is 60.2 Å². The van der Waals surface area contributed by atoms with Crippen LogP contribution in [0.3, 0.4) is 0 Å². The van der Waals surface area contributed by atoms with Crippen molar-refractivity contribution in [3.05, 3.63) is 82.4 Å². The van der Waals surface area contributed by atoms with Gasteiger partial charge < -0.3 is 19.7 Å². The summed E-state index contributed by atoms with van der Waals surface area (Å²) in [6.45, 7) is 6.04. The Balaban J connectivity index is 1.55. The summed E-state index contributed by atoms with van der Waals surface area (Å²) in [6.07, 6.45) is 0.689. The van der Waals surface area contributed by atoms with Crippen LogP contribution in [0.5, 0.6) is 17.2 Å². The molecule has 6 rings (SSSR count). The Bertz CT molecular complexity index is 1690. The van der Waals surface area contributed by atoms with Gasteiger partial charge in [-0.1, -0.05) is 23.5 Å². The molecule has 39 heavy (non-hydrogen) atoms. The van der Waals surface area contributed by atoms with Gasteiger partial charge in [0.2, 0.25) is 0 Å². The van der Waals surface area contributed by atoms with Gasteiger partial charge in [-0.25, -0.2) is 4.98 Å². The molecule has 198 valence electrons. The van der Waals surface area contributed by atoms with E-state index in [2.05, 4.69) is 4.98 Å². The molecule has 0 aliphatic carbocycles. The maximum Gasteiger partial charge on any atom is 0.301 e. The summed E-state index contributed by atoms with van der Waals surface area (Å²) in [5.74, 6) is -1.01. The topological polar surface area (TPSA) is 109 Å². The lowest BCUT2D eigenvalue weighted by atomic mass is 9.94. The van der Waals surface area contributed by atoms with Crippen LogP contribution in [0, 0.1) is 6.92 Å². The number of amides is 1. The fourth-order valence-electron chi connectivity index (χ4n) is 5.16. The molecule has 0 radical (unpaired) electrons. The number of Topliss-reactive ketones (excluding diaryl/α,β-unsaturated/α-hetero) is 1. The van der Waals surface area contributed by atoms with Crippen molar-refractivity contribution in [2.75, 3.05) is 11.5 Å². The first-order valence-electron chi connectivity index (χ1n) is 12.7. The Hall–Kier alpha value is -4.37. The zero-order valence-corrected chi connectivity index (χ0v) is 22.4. The summed E-state index contributed by atoms with van der Waals surface area (Å²) in [7, 11) is 0. The van der Waals surface area contributed by atoms with Gasteiger partial charge in [0.1, 0.15) is 17.6 Å². The maximum absolute atomic E-state index is 13.6. The first-order chi connectivity index (χ1) is 18.7. The SMILES string of the molecule is CCOc1cc([C@@H]2C(=C(O)c3ccc4c(c3)C[C@@H](C)O4)C(=O)C(=O)N2c2nc3ccc(C)cc3s2)ccc1O. The van der Waals surface area contributed by atoms with E-state index in [1.54, 1.807) is 37.3 Å². The van der Waals surface area contributed by atoms with E-state index in [9.17, 15) is 19.8 Å². The van der Waals surface area contributed by atoms with Crippen LogP contribution in [0.4, 0.5) is 5.13 Å². The van der Waals surface area contributed by atoms with Gasteiger partial charge in [0, 0.05) is 12.0 Å². The number of rotatable bonds is 5. The van der Waals surface area contributed by atoms with Crippen molar-refractivity contribution in [1.82, 2.24) is 4.98 Å². The fourth-order valence-corrected chi connectivity index (χ4v) is 6.26. The molecule has 3 aromatic carbocycles. The van der Waals surface area contributed by atoms with Crippen LogP contribution in [0.25, 0.3) is 16.0 Å². The zero-order valence-electron chi connectivity index (χ0n) is 21.6. The molecule has 3 heterocycles. The molecule has 1 saturated heterocycles. The molecule has 0 saturated carbocycles. The second-order valence-corrected chi connectivity index (χ2v) is 10.8. The number of thiazole rings is 1. The summed E-state index contributed by atoms with van der Waals surface area (Å²) in [4.78, 5) is 33.2. The number of carbonyl (C=O) groups excluding carboxylic acids is 2. The average molecular weight is 543 g/mol. The van der Waals surface area contributed by atoms with Crippen LogP contribution < -0.4 is 14.4 Å². The number of benzene rings is 3. The van der Waals surface area contributed by atoms with Gasteiger partial charge in [-0.3, -0.25) is 14.5 Å². The molecular weight excluding hydrogens is 516 g/mol. The van der Waals surface area contributed by atoms with Gasteiger partial charge in [-0.15, -0.1) is 0 Å². The maximum atomic E-state index is 13.6. The summed E-state index contributed by atoms with van der Waals surface area (Å²) in [6, 6.07) is 14.7. The first-order valence-corrected chi connectivity index (χ1v) is 13.5. The predicted molar refractivity (Wildman–Crippen MR) is 149 cm³/mol. The Kier molecular flexibility index (Phi) is 6.03. The minimum atomic E-state index is -0.991. The second kappa shape index (κ2) is 9.43. The number of ketones is 1. The van der Waals surface area contributed by atoms with Crippen LogP contribution in [-0.2, 0) is 16.0 Å². The molecule has 0 bridgehead atoms. The van der Waals surface area contributed by atoms with Crippen molar-refractivity contribution in [2.45, 2.75) is 39.3 Å². The van der Waals surface area contributed by atoms with Crippen molar-refractivity contribution >= 4 is 44.1 Å². The van der Waals surface area contributed by atoms with E-state index in [1.807, 2.05) is 32.0 Å². The number of phenolic OH excluding ortho intramolecular Hbond substituents is 1. The van der Waals surface area contributed by atoms with Gasteiger partial charge in [0.05, 0.1) is 28.4 Å². The number of aryl methyl sites for hydroxylation is 1. The van der Waals surface area contributed by atoms with Gasteiger partial charge in [-0.05, 0) is 79.9 Å². The molecular formula is C30H26N2O6S. The highest BCUT2D eigenvalue weighted by Gasteiger charge is 2.48. The van der Waals surface area contributed by atoms with E-state index in [0.717, 1.165) is 21.6 Å². The number of hydrogen-bond donors (Lipinski definition) is 2. The highest BCUT2D eigenvalue weighted by atomic mass is 32.1. The van der Waals surface area contributed by atoms with Gasteiger partial charge in [0.25, 0.3) is 5.78 Å². The Morgan fingerprint density at radius 2 is 1.97 bits per heavy atom. The van der Waals surface area contributed by atoms with E-state index in [1.165, 1.54) is 22.3 Å². The molecule has 2 atom stereocenters. The summed E-state index contributed by atoms with van der Waals surface area (Å²) in [5.41, 5.74) is 3.52. The molecule has 1 amide bonds. The number of fused-ring (bicyclic) bond motifs is 2. The minimum Gasteiger partial charge on any atom is -0.507 e. The number of carbonyl (C=O) groups is 2. The summed E-state index contributed by atoms with van der Waals surface area (Å²) < 4.78 is 12.2. The van der Waals surface area contributed by atoms with Crippen molar-refractivity contribution < 1.29 is 29.3 Å². The molecule has 0 unspecified atom stereocenters. The molecule has 2 aliphatic heterocycles. The van der Waals surface area contributed by atoms with E-state index in [0.29, 0.717) is 34.8 Å². The zero-order chi connectivity index (χ0) is 27.4. The number of aliphatic hydroxyl groups is 1. The molecule has 8 nitrogen and oxygen atoms in total. The quantitative estimate of drug-likeness (QED) is 0.190. The lowest BCUT2D eigenvalue weighted by Crippen LogP contribution is -2.29. The lowest BCUT2D eigenvalue weighted by Gasteiger charge is -2.23. The molecule has 1 fully saturated rings. The highest BCUT2D eigenvalue weighted by molar-refractivity contribution is 7.22. The van der Waals surface area contributed by atoms with Gasteiger partial charge in [0.15, 0.2) is 16.6 Å². The highest BCUT2D eigenvalue weighted by Crippen LogP contribution is 2.46. The molecule has 0 spiro atoms. The van der Waals surface area contributed by atoms with Gasteiger partial charge >= 0.3 is 5.91 Å². The minimum absolute atomic E-state index is 0.0135. The fraction of sp³-hybridized carbons (Fsp3) is 0.233. The van der Waals surface area contributed by atoms with Crippen LogP contribution >= 0.6 is 11.3 Å². The lowest BCUT2D eigenvalue weighted by molar-refractivity contribution is -0.132. The van der Waals surface area contributed by atoms with E-state index in [-0.39, 0.29) is 28.9 Å². The number of nitrogens with zero attached hydrogens (tertiary/aromatic N) is 2. The van der Waals surface area contributed by atoms with Crippen molar-refractivity contribution in [3.63, 3.8) is 0 Å². The Labute approximate surface area is 228 Å². The number of anilines is 1. The number of aliphatic hydroxyl groups excluding tert-OH is 1. The van der Waals surface area contributed by atoms with Crippen LogP contribution in [0.2, 0.25) is 0 Å². The third kappa shape index (κ3) is 4.19. The third-order valence-electron chi connectivity index (χ3n) is 6.95.